The standard InChI is InChI=1S/C24H23N3O5/c1-31-20-13-8-16(14-21(20)32-2)15-22(28)25-19-11-9-18(10-12-19)24(30)27-26-23(29)17-6-4-3-5-7-17/h3-14H,15H2,1-2H3,(H,25,28)(H,26,29)(H,27,30). The highest BCUT2D eigenvalue weighted by Gasteiger charge is 2.11. The Bertz CT molecular complexity index is 1100. The molecule has 0 heterocycles. The van der Waals surface area contributed by atoms with E-state index in [1.165, 1.54) is 7.11 Å². The zero-order valence-electron chi connectivity index (χ0n) is 17.7. The Morgan fingerprint density at radius 2 is 1.31 bits per heavy atom. The highest BCUT2D eigenvalue weighted by molar-refractivity contribution is 5.99. The number of hydrazine groups is 1. The molecule has 0 aliphatic heterocycles. The Morgan fingerprint density at radius 3 is 1.91 bits per heavy atom. The predicted molar refractivity (Wildman–Crippen MR) is 120 cm³/mol. The first-order valence-electron chi connectivity index (χ1n) is 9.76. The van der Waals surface area contributed by atoms with Crippen molar-refractivity contribution in [3.8, 4) is 11.5 Å². The van der Waals surface area contributed by atoms with E-state index in [2.05, 4.69) is 16.2 Å². The highest BCUT2D eigenvalue weighted by Crippen LogP contribution is 2.27. The van der Waals surface area contributed by atoms with Crippen molar-refractivity contribution in [1.29, 1.82) is 0 Å². The first-order valence-corrected chi connectivity index (χ1v) is 9.76. The summed E-state index contributed by atoms with van der Waals surface area (Å²) in [6.07, 6.45) is 0.147. The molecule has 3 aromatic carbocycles. The summed E-state index contributed by atoms with van der Waals surface area (Å²) in [7, 11) is 3.08. The number of anilines is 1. The molecular formula is C24H23N3O5. The second-order valence-corrected chi connectivity index (χ2v) is 6.77. The van der Waals surface area contributed by atoms with Gasteiger partial charge in [0.2, 0.25) is 5.91 Å². The molecule has 0 saturated heterocycles. The Kier molecular flexibility index (Phi) is 7.42. The van der Waals surface area contributed by atoms with Crippen molar-refractivity contribution >= 4 is 23.4 Å². The molecule has 0 radical (unpaired) electrons. The smallest absolute Gasteiger partial charge is 0.269 e. The van der Waals surface area contributed by atoms with Gasteiger partial charge in [0.05, 0.1) is 20.6 Å². The molecule has 3 amide bonds. The van der Waals surface area contributed by atoms with Gasteiger partial charge in [0.25, 0.3) is 11.8 Å². The van der Waals surface area contributed by atoms with Crippen LogP contribution in [-0.4, -0.2) is 31.9 Å². The van der Waals surface area contributed by atoms with Crippen LogP contribution in [0, 0.1) is 0 Å². The van der Waals surface area contributed by atoms with Crippen LogP contribution in [-0.2, 0) is 11.2 Å². The van der Waals surface area contributed by atoms with Crippen molar-refractivity contribution in [2.75, 3.05) is 19.5 Å². The van der Waals surface area contributed by atoms with Crippen molar-refractivity contribution in [3.63, 3.8) is 0 Å². The van der Waals surface area contributed by atoms with E-state index < -0.39 is 11.8 Å². The number of hydrogen-bond acceptors (Lipinski definition) is 5. The predicted octanol–water partition coefficient (Wildman–Crippen LogP) is 2.96. The fourth-order valence-corrected chi connectivity index (χ4v) is 2.93. The zero-order valence-corrected chi connectivity index (χ0v) is 17.7. The first kappa shape index (κ1) is 22.4. The van der Waals surface area contributed by atoms with Crippen molar-refractivity contribution in [2.24, 2.45) is 0 Å². The molecule has 8 heteroatoms. The van der Waals surface area contributed by atoms with Gasteiger partial charge >= 0.3 is 0 Å². The van der Waals surface area contributed by atoms with E-state index in [0.29, 0.717) is 28.3 Å². The molecule has 0 aliphatic rings. The lowest BCUT2D eigenvalue weighted by molar-refractivity contribution is -0.115. The molecule has 0 spiro atoms. The zero-order chi connectivity index (χ0) is 22.9. The van der Waals surface area contributed by atoms with E-state index in [4.69, 9.17) is 9.47 Å². The van der Waals surface area contributed by atoms with Gasteiger partial charge in [-0.1, -0.05) is 24.3 Å². The number of benzene rings is 3. The van der Waals surface area contributed by atoms with Crippen LogP contribution in [0.15, 0.2) is 72.8 Å². The van der Waals surface area contributed by atoms with Gasteiger partial charge in [-0.15, -0.1) is 0 Å². The third kappa shape index (κ3) is 5.85. The summed E-state index contributed by atoms with van der Waals surface area (Å²) in [6, 6.07) is 20.1. The molecule has 3 aromatic rings. The SMILES string of the molecule is COc1ccc(CC(=O)Nc2ccc(C(=O)NNC(=O)c3ccccc3)cc2)cc1OC. The van der Waals surface area contributed by atoms with Crippen molar-refractivity contribution in [2.45, 2.75) is 6.42 Å². The Labute approximate surface area is 185 Å². The number of carbonyl (C=O) groups excluding carboxylic acids is 3. The van der Waals surface area contributed by atoms with Gasteiger partial charge < -0.3 is 14.8 Å². The average molecular weight is 433 g/mol. The Morgan fingerprint density at radius 1 is 0.719 bits per heavy atom. The van der Waals surface area contributed by atoms with Crippen LogP contribution in [0.4, 0.5) is 5.69 Å². The van der Waals surface area contributed by atoms with Crippen molar-refractivity contribution < 1.29 is 23.9 Å². The van der Waals surface area contributed by atoms with E-state index in [-0.39, 0.29) is 12.3 Å². The molecule has 0 fully saturated rings. The van der Waals surface area contributed by atoms with E-state index >= 15 is 0 Å². The van der Waals surface area contributed by atoms with Crippen molar-refractivity contribution in [1.82, 2.24) is 10.9 Å². The molecule has 0 aromatic heterocycles. The highest BCUT2D eigenvalue weighted by atomic mass is 16.5. The summed E-state index contributed by atoms with van der Waals surface area (Å²) in [6.45, 7) is 0. The maximum absolute atomic E-state index is 12.4. The molecular weight excluding hydrogens is 410 g/mol. The fourth-order valence-electron chi connectivity index (χ4n) is 2.93. The quantitative estimate of drug-likeness (QED) is 0.497. The molecule has 0 bridgehead atoms. The minimum Gasteiger partial charge on any atom is -0.493 e. The summed E-state index contributed by atoms with van der Waals surface area (Å²) in [4.78, 5) is 36.6. The summed E-state index contributed by atoms with van der Waals surface area (Å²) in [5, 5.41) is 2.78. The van der Waals surface area contributed by atoms with Crippen LogP contribution in [0.25, 0.3) is 0 Å². The minimum absolute atomic E-state index is 0.147. The topological polar surface area (TPSA) is 106 Å². The third-order valence-corrected chi connectivity index (χ3v) is 4.57. The normalized spacial score (nSPS) is 10.1. The monoisotopic (exact) mass is 433 g/mol. The fraction of sp³-hybridized carbons (Fsp3) is 0.125. The summed E-state index contributed by atoms with van der Waals surface area (Å²) in [5.41, 5.74) is 6.80. The van der Waals surface area contributed by atoms with Crippen LogP contribution in [0.1, 0.15) is 26.3 Å². The average Bonchev–Trinajstić information content (AvgIpc) is 2.83. The van der Waals surface area contributed by atoms with Gasteiger partial charge in [-0.25, -0.2) is 0 Å². The van der Waals surface area contributed by atoms with E-state index in [1.807, 2.05) is 0 Å². The van der Waals surface area contributed by atoms with Gasteiger partial charge in [0, 0.05) is 16.8 Å². The summed E-state index contributed by atoms with van der Waals surface area (Å²) in [5.74, 6) is 0.0260. The molecule has 3 N–H and O–H groups in total. The molecule has 32 heavy (non-hydrogen) atoms. The Hall–Kier alpha value is -4.33. The number of carbonyl (C=O) groups is 3. The summed E-state index contributed by atoms with van der Waals surface area (Å²) < 4.78 is 10.4. The van der Waals surface area contributed by atoms with E-state index in [0.717, 1.165) is 5.56 Å². The van der Waals surface area contributed by atoms with Gasteiger partial charge in [0.15, 0.2) is 11.5 Å². The second-order valence-electron chi connectivity index (χ2n) is 6.77. The largest absolute Gasteiger partial charge is 0.493 e. The molecule has 0 atom stereocenters. The lowest BCUT2D eigenvalue weighted by Crippen LogP contribution is -2.41. The van der Waals surface area contributed by atoms with Crippen LogP contribution in [0.5, 0.6) is 11.5 Å². The van der Waals surface area contributed by atoms with Gasteiger partial charge in [-0.3, -0.25) is 25.2 Å². The van der Waals surface area contributed by atoms with Crippen LogP contribution < -0.4 is 25.6 Å². The molecule has 0 saturated carbocycles. The molecule has 164 valence electrons. The van der Waals surface area contributed by atoms with Gasteiger partial charge in [0.1, 0.15) is 0 Å². The van der Waals surface area contributed by atoms with Crippen LogP contribution in [0.3, 0.4) is 0 Å². The number of rotatable bonds is 7. The van der Waals surface area contributed by atoms with Crippen LogP contribution >= 0.6 is 0 Å². The number of hydrogen-bond donors (Lipinski definition) is 3. The lowest BCUT2D eigenvalue weighted by Gasteiger charge is -2.10. The minimum atomic E-state index is -0.475. The lowest BCUT2D eigenvalue weighted by atomic mass is 10.1. The number of ether oxygens (including phenoxy) is 2. The second kappa shape index (κ2) is 10.6. The van der Waals surface area contributed by atoms with Crippen molar-refractivity contribution in [3.05, 3.63) is 89.5 Å². The van der Waals surface area contributed by atoms with Gasteiger partial charge in [-0.2, -0.15) is 0 Å². The molecule has 3 rings (SSSR count). The van der Waals surface area contributed by atoms with Crippen LogP contribution in [0.2, 0.25) is 0 Å². The molecule has 0 unspecified atom stereocenters. The maximum Gasteiger partial charge on any atom is 0.269 e. The maximum atomic E-state index is 12.4. The first-order chi connectivity index (χ1) is 15.5. The number of methoxy groups -OCH3 is 2. The molecule has 0 aliphatic carbocycles. The molecule has 8 nitrogen and oxygen atoms in total. The van der Waals surface area contributed by atoms with E-state index in [9.17, 15) is 14.4 Å². The van der Waals surface area contributed by atoms with Gasteiger partial charge in [-0.05, 0) is 54.1 Å². The van der Waals surface area contributed by atoms with E-state index in [1.54, 1.807) is 79.9 Å². The third-order valence-electron chi connectivity index (χ3n) is 4.57. The number of amides is 3. The summed E-state index contributed by atoms with van der Waals surface area (Å²) >= 11 is 0. The Balaban J connectivity index is 1.53. The number of nitrogens with one attached hydrogen (secondary N) is 3.